The number of nitrogens with zero attached hydrogens (tertiary/aromatic N) is 3. The van der Waals surface area contributed by atoms with Crippen LogP contribution in [0, 0.1) is 17.7 Å². The van der Waals surface area contributed by atoms with Crippen LogP contribution in [0.4, 0.5) is 5.95 Å². The van der Waals surface area contributed by atoms with Crippen LogP contribution in [0.15, 0.2) is 6.07 Å². The molecular formula is C13H21N5. The molecular weight excluding hydrogens is 226 g/mol. The van der Waals surface area contributed by atoms with Crippen molar-refractivity contribution in [3.8, 4) is 0 Å². The number of rotatable bonds is 2. The summed E-state index contributed by atoms with van der Waals surface area (Å²) >= 11 is 0. The Kier molecular flexibility index (Phi) is 3.24. The first-order valence-electron chi connectivity index (χ1n) is 6.32. The Morgan fingerprint density at radius 2 is 2.17 bits per heavy atom. The number of amidine groups is 1. The number of nitrogens with one attached hydrogen (secondary N) is 1. The minimum atomic E-state index is -0.00183. The average molecular weight is 247 g/mol. The number of aromatic nitrogens is 2. The third kappa shape index (κ3) is 2.78. The van der Waals surface area contributed by atoms with Crippen LogP contribution < -0.4 is 10.6 Å². The van der Waals surface area contributed by atoms with E-state index in [0.717, 1.165) is 25.2 Å². The molecule has 0 aliphatic carbocycles. The van der Waals surface area contributed by atoms with Crippen molar-refractivity contribution in [1.82, 2.24) is 9.97 Å². The van der Waals surface area contributed by atoms with E-state index in [-0.39, 0.29) is 5.84 Å². The first-order chi connectivity index (χ1) is 8.37. The van der Waals surface area contributed by atoms with Crippen LogP contribution in [-0.4, -0.2) is 28.9 Å². The van der Waals surface area contributed by atoms with Gasteiger partial charge in [-0.15, -0.1) is 0 Å². The van der Waals surface area contributed by atoms with Crippen LogP contribution in [0.3, 0.4) is 0 Å². The smallest absolute Gasteiger partial charge is 0.226 e. The van der Waals surface area contributed by atoms with Crippen LogP contribution in [0.2, 0.25) is 0 Å². The van der Waals surface area contributed by atoms with E-state index in [2.05, 4.69) is 28.7 Å². The maximum absolute atomic E-state index is 7.49. The van der Waals surface area contributed by atoms with Crippen molar-refractivity contribution in [3.05, 3.63) is 17.5 Å². The van der Waals surface area contributed by atoms with Gasteiger partial charge >= 0.3 is 0 Å². The zero-order valence-electron chi connectivity index (χ0n) is 11.3. The van der Waals surface area contributed by atoms with Gasteiger partial charge in [-0.1, -0.05) is 13.8 Å². The third-order valence-electron chi connectivity index (χ3n) is 3.30. The van der Waals surface area contributed by atoms with E-state index in [4.69, 9.17) is 11.1 Å². The summed E-state index contributed by atoms with van der Waals surface area (Å²) in [5.74, 6) is 0.700. The molecule has 2 heterocycles. The van der Waals surface area contributed by atoms with E-state index in [1.54, 1.807) is 6.07 Å². The number of aryl methyl sites for hydroxylation is 1. The number of nitrogens with two attached hydrogens (primary N) is 1. The summed E-state index contributed by atoms with van der Waals surface area (Å²) in [7, 11) is 0. The summed E-state index contributed by atoms with van der Waals surface area (Å²) < 4.78 is 0. The molecule has 2 rings (SSSR count). The number of hydrogen-bond acceptors (Lipinski definition) is 4. The van der Waals surface area contributed by atoms with E-state index < -0.39 is 0 Å². The van der Waals surface area contributed by atoms with Gasteiger partial charge in [0.2, 0.25) is 5.95 Å². The monoisotopic (exact) mass is 247 g/mol. The van der Waals surface area contributed by atoms with Crippen LogP contribution in [0.5, 0.6) is 0 Å². The Morgan fingerprint density at radius 1 is 1.44 bits per heavy atom. The van der Waals surface area contributed by atoms with Crippen LogP contribution >= 0.6 is 0 Å². The number of hydrogen-bond donors (Lipinski definition) is 2. The summed E-state index contributed by atoms with van der Waals surface area (Å²) in [5, 5.41) is 7.49. The van der Waals surface area contributed by atoms with E-state index in [9.17, 15) is 0 Å². The highest BCUT2D eigenvalue weighted by Crippen LogP contribution is 2.30. The Morgan fingerprint density at radius 3 is 2.78 bits per heavy atom. The lowest BCUT2D eigenvalue weighted by Crippen LogP contribution is -2.41. The minimum absolute atomic E-state index is 0.00183. The SMILES string of the molecule is Cc1cc(C(=N)N)nc(N2CCCC(C)(C)C2)n1. The van der Waals surface area contributed by atoms with Crippen LogP contribution in [-0.2, 0) is 0 Å². The third-order valence-corrected chi connectivity index (χ3v) is 3.30. The summed E-state index contributed by atoms with van der Waals surface area (Å²) in [5.41, 5.74) is 7.17. The molecule has 0 amide bonds. The van der Waals surface area contributed by atoms with Crippen molar-refractivity contribution < 1.29 is 0 Å². The maximum atomic E-state index is 7.49. The largest absolute Gasteiger partial charge is 0.382 e. The van der Waals surface area contributed by atoms with Crippen molar-refractivity contribution >= 4 is 11.8 Å². The van der Waals surface area contributed by atoms with Gasteiger partial charge in [-0.3, -0.25) is 5.41 Å². The molecule has 3 N–H and O–H groups in total. The molecule has 18 heavy (non-hydrogen) atoms. The van der Waals surface area contributed by atoms with Crippen molar-refractivity contribution in [2.24, 2.45) is 11.1 Å². The molecule has 0 aromatic carbocycles. The highest BCUT2D eigenvalue weighted by Gasteiger charge is 2.28. The van der Waals surface area contributed by atoms with Gasteiger partial charge in [0.25, 0.3) is 0 Å². The van der Waals surface area contributed by atoms with Crippen molar-refractivity contribution in [3.63, 3.8) is 0 Å². The van der Waals surface area contributed by atoms with Gasteiger partial charge in [0.05, 0.1) is 0 Å². The molecule has 0 bridgehead atoms. The quantitative estimate of drug-likeness (QED) is 0.616. The molecule has 0 unspecified atom stereocenters. The van der Waals surface area contributed by atoms with Gasteiger partial charge in [-0.05, 0) is 31.2 Å². The van der Waals surface area contributed by atoms with E-state index in [0.29, 0.717) is 17.1 Å². The maximum Gasteiger partial charge on any atom is 0.226 e. The molecule has 5 heteroatoms. The minimum Gasteiger partial charge on any atom is -0.382 e. The predicted octanol–water partition coefficient (Wildman–Crippen LogP) is 1.70. The number of anilines is 1. The van der Waals surface area contributed by atoms with Gasteiger partial charge < -0.3 is 10.6 Å². The molecule has 0 spiro atoms. The summed E-state index contributed by atoms with van der Waals surface area (Å²) in [4.78, 5) is 11.1. The van der Waals surface area contributed by atoms with E-state index in [1.807, 2.05) is 6.92 Å². The van der Waals surface area contributed by atoms with Crippen LogP contribution in [0.1, 0.15) is 38.1 Å². The molecule has 1 aliphatic rings. The van der Waals surface area contributed by atoms with E-state index in [1.165, 1.54) is 6.42 Å². The molecule has 0 saturated carbocycles. The lowest BCUT2D eigenvalue weighted by molar-refractivity contribution is 0.291. The highest BCUT2D eigenvalue weighted by atomic mass is 15.3. The Labute approximate surface area is 108 Å². The first kappa shape index (κ1) is 12.8. The molecule has 1 aliphatic heterocycles. The lowest BCUT2D eigenvalue weighted by Gasteiger charge is -2.38. The standard InChI is InChI=1S/C13H21N5/c1-9-7-10(11(14)15)17-12(16-9)18-6-4-5-13(2,3)8-18/h7H,4-6,8H2,1-3H3,(H3,14,15). The van der Waals surface area contributed by atoms with Crippen LogP contribution in [0.25, 0.3) is 0 Å². The van der Waals surface area contributed by atoms with Crippen molar-refractivity contribution in [1.29, 1.82) is 5.41 Å². The summed E-state index contributed by atoms with van der Waals surface area (Å²) in [6.07, 6.45) is 2.38. The lowest BCUT2D eigenvalue weighted by atomic mass is 9.84. The average Bonchev–Trinajstić information content (AvgIpc) is 2.26. The molecule has 1 aromatic rings. The summed E-state index contributed by atoms with van der Waals surface area (Å²) in [6, 6.07) is 1.75. The Hall–Kier alpha value is -1.65. The zero-order chi connectivity index (χ0) is 13.3. The second kappa shape index (κ2) is 4.55. The molecule has 1 aromatic heterocycles. The number of nitrogen functional groups attached to an aromatic ring is 1. The number of piperidine rings is 1. The highest BCUT2D eigenvalue weighted by molar-refractivity contribution is 5.93. The molecule has 0 radical (unpaired) electrons. The molecule has 5 nitrogen and oxygen atoms in total. The fourth-order valence-corrected chi connectivity index (χ4v) is 2.43. The molecule has 1 saturated heterocycles. The first-order valence-corrected chi connectivity index (χ1v) is 6.32. The van der Waals surface area contributed by atoms with Gasteiger partial charge in [-0.25, -0.2) is 9.97 Å². The van der Waals surface area contributed by atoms with E-state index >= 15 is 0 Å². The Bertz CT molecular complexity index is 466. The van der Waals surface area contributed by atoms with Gasteiger partial charge in [0.1, 0.15) is 11.5 Å². The predicted molar refractivity (Wildman–Crippen MR) is 73.0 cm³/mol. The van der Waals surface area contributed by atoms with Gasteiger partial charge in [0.15, 0.2) is 0 Å². The fourth-order valence-electron chi connectivity index (χ4n) is 2.43. The molecule has 1 fully saturated rings. The summed E-state index contributed by atoms with van der Waals surface area (Å²) in [6.45, 7) is 8.37. The van der Waals surface area contributed by atoms with Crippen molar-refractivity contribution in [2.75, 3.05) is 18.0 Å². The Balaban J connectivity index is 2.30. The fraction of sp³-hybridized carbons (Fsp3) is 0.615. The van der Waals surface area contributed by atoms with Gasteiger partial charge in [-0.2, -0.15) is 0 Å². The second-order valence-corrected chi connectivity index (χ2v) is 5.80. The molecule has 0 atom stereocenters. The van der Waals surface area contributed by atoms with Crippen molar-refractivity contribution in [2.45, 2.75) is 33.6 Å². The second-order valence-electron chi connectivity index (χ2n) is 5.80. The van der Waals surface area contributed by atoms with Gasteiger partial charge in [0, 0.05) is 18.8 Å². The molecule has 98 valence electrons. The topological polar surface area (TPSA) is 78.9 Å². The zero-order valence-corrected chi connectivity index (χ0v) is 11.3. The normalized spacial score (nSPS) is 18.7.